The lowest BCUT2D eigenvalue weighted by Crippen LogP contribution is -2.16. The second-order valence-corrected chi connectivity index (χ2v) is 5.47. The molecule has 0 atom stereocenters. The summed E-state index contributed by atoms with van der Waals surface area (Å²) in [5.74, 6) is 6.00. The van der Waals surface area contributed by atoms with Gasteiger partial charge in [-0.05, 0) is 31.5 Å². The smallest absolute Gasteiger partial charge is 0.323 e. The first-order chi connectivity index (χ1) is 10.1. The summed E-state index contributed by atoms with van der Waals surface area (Å²) in [5, 5.41) is 3.12. The lowest BCUT2D eigenvalue weighted by molar-refractivity contribution is 0.222. The molecule has 0 bridgehead atoms. The summed E-state index contributed by atoms with van der Waals surface area (Å²) < 4.78 is 6.50. The summed E-state index contributed by atoms with van der Waals surface area (Å²) in [7, 11) is 0. The van der Waals surface area contributed by atoms with Crippen LogP contribution >= 0.6 is 15.9 Å². The first kappa shape index (κ1) is 15.5. The third kappa shape index (κ3) is 4.83. The Labute approximate surface area is 131 Å². The van der Waals surface area contributed by atoms with Crippen LogP contribution in [-0.2, 0) is 6.54 Å². The summed E-state index contributed by atoms with van der Waals surface area (Å²) in [6.45, 7) is 4.38. The molecule has 1 aromatic heterocycles. The fraction of sp³-hybridized carbons (Fsp3) is 0.308. The fourth-order valence-corrected chi connectivity index (χ4v) is 1.81. The first-order valence-corrected chi connectivity index (χ1v) is 7.24. The molecule has 0 amide bonds. The Bertz CT molecular complexity index is 590. The van der Waals surface area contributed by atoms with Crippen molar-refractivity contribution < 1.29 is 4.74 Å². The zero-order chi connectivity index (χ0) is 15.2. The largest absolute Gasteiger partial charge is 0.461 e. The molecule has 0 aliphatic heterocycles. The van der Waals surface area contributed by atoms with Crippen molar-refractivity contribution in [3.8, 4) is 6.01 Å². The van der Waals surface area contributed by atoms with E-state index in [9.17, 15) is 0 Å². The minimum absolute atomic E-state index is 0.0302. The molecule has 21 heavy (non-hydrogen) atoms. The summed E-state index contributed by atoms with van der Waals surface area (Å²) in [4.78, 5) is 12.4. The van der Waals surface area contributed by atoms with Gasteiger partial charge in [0.25, 0.3) is 0 Å². The summed E-state index contributed by atoms with van der Waals surface area (Å²) >= 11 is 3.40. The van der Waals surface area contributed by atoms with Crippen LogP contribution in [0.25, 0.3) is 0 Å². The number of hydrazine groups is 1. The quantitative estimate of drug-likeness (QED) is 0.541. The van der Waals surface area contributed by atoms with Gasteiger partial charge in [0.1, 0.15) is 0 Å². The molecule has 2 aromatic rings. The van der Waals surface area contributed by atoms with E-state index in [1.807, 2.05) is 38.1 Å². The molecule has 0 fully saturated rings. The van der Waals surface area contributed by atoms with Gasteiger partial charge in [-0.1, -0.05) is 28.1 Å². The molecule has 1 aromatic carbocycles. The number of hydrogen-bond donors (Lipinski definition) is 3. The first-order valence-electron chi connectivity index (χ1n) is 6.44. The minimum Gasteiger partial charge on any atom is -0.461 e. The second-order valence-electron chi connectivity index (χ2n) is 4.56. The Kier molecular flexibility index (Phi) is 5.29. The highest BCUT2D eigenvalue weighted by molar-refractivity contribution is 9.10. The number of nitrogen functional groups attached to an aromatic ring is 1. The molecule has 0 aliphatic rings. The normalized spacial score (nSPS) is 10.5. The van der Waals surface area contributed by atoms with Gasteiger partial charge in [0, 0.05) is 11.0 Å². The standard InChI is InChI=1S/C13H17BrN6O/c1-8(2)21-13-18-11(17-12(19-13)20-15)16-7-9-3-5-10(14)6-4-9/h3-6,8H,7,15H2,1-2H3,(H2,16,17,18,19,20). The number of rotatable bonds is 6. The van der Waals surface area contributed by atoms with E-state index in [1.165, 1.54) is 0 Å². The van der Waals surface area contributed by atoms with Crippen LogP contribution in [0.15, 0.2) is 28.7 Å². The van der Waals surface area contributed by atoms with Crippen LogP contribution < -0.4 is 21.3 Å². The average Bonchev–Trinajstić information content (AvgIpc) is 2.45. The maximum absolute atomic E-state index is 5.46. The molecule has 0 radical (unpaired) electrons. The molecule has 8 heteroatoms. The number of nitrogens with one attached hydrogen (secondary N) is 2. The van der Waals surface area contributed by atoms with Crippen molar-refractivity contribution in [1.29, 1.82) is 0 Å². The van der Waals surface area contributed by atoms with Crippen molar-refractivity contribution >= 4 is 27.8 Å². The van der Waals surface area contributed by atoms with E-state index in [0.29, 0.717) is 12.5 Å². The number of benzene rings is 1. The maximum Gasteiger partial charge on any atom is 0.323 e. The molecular formula is C13H17BrN6O. The van der Waals surface area contributed by atoms with Gasteiger partial charge in [-0.3, -0.25) is 5.43 Å². The van der Waals surface area contributed by atoms with Crippen LogP contribution in [0.4, 0.5) is 11.9 Å². The number of hydrogen-bond acceptors (Lipinski definition) is 7. The molecule has 0 saturated carbocycles. The van der Waals surface area contributed by atoms with Gasteiger partial charge in [-0.15, -0.1) is 0 Å². The van der Waals surface area contributed by atoms with Gasteiger partial charge in [0.05, 0.1) is 6.10 Å². The van der Waals surface area contributed by atoms with Crippen molar-refractivity contribution in [3.05, 3.63) is 34.3 Å². The van der Waals surface area contributed by atoms with Crippen molar-refractivity contribution in [3.63, 3.8) is 0 Å². The zero-order valence-electron chi connectivity index (χ0n) is 11.8. The third-order valence-electron chi connectivity index (χ3n) is 2.45. The highest BCUT2D eigenvalue weighted by Gasteiger charge is 2.08. The Morgan fingerprint density at radius 3 is 2.43 bits per heavy atom. The molecule has 0 aliphatic carbocycles. The molecule has 0 spiro atoms. The average molecular weight is 353 g/mol. The van der Waals surface area contributed by atoms with Crippen molar-refractivity contribution in [1.82, 2.24) is 15.0 Å². The number of aromatic nitrogens is 3. The van der Waals surface area contributed by atoms with E-state index < -0.39 is 0 Å². The topological polar surface area (TPSA) is 98.0 Å². The van der Waals surface area contributed by atoms with E-state index in [-0.39, 0.29) is 18.1 Å². The lowest BCUT2D eigenvalue weighted by atomic mass is 10.2. The predicted octanol–water partition coefficient (Wildman–Crippen LogP) is 2.32. The molecule has 0 saturated heterocycles. The van der Waals surface area contributed by atoms with Crippen molar-refractivity contribution in [2.24, 2.45) is 5.84 Å². The van der Waals surface area contributed by atoms with Crippen molar-refractivity contribution in [2.75, 3.05) is 10.7 Å². The van der Waals surface area contributed by atoms with Crippen LogP contribution in [0.5, 0.6) is 6.01 Å². The summed E-state index contributed by atoms with van der Waals surface area (Å²) in [5.41, 5.74) is 3.50. The lowest BCUT2D eigenvalue weighted by Gasteiger charge is -2.11. The van der Waals surface area contributed by atoms with E-state index in [4.69, 9.17) is 10.6 Å². The molecule has 2 rings (SSSR count). The van der Waals surface area contributed by atoms with Crippen LogP contribution in [-0.4, -0.2) is 21.1 Å². The van der Waals surface area contributed by atoms with Crippen molar-refractivity contribution in [2.45, 2.75) is 26.5 Å². The highest BCUT2D eigenvalue weighted by Crippen LogP contribution is 2.14. The summed E-state index contributed by atoms with van der Waals surface area (Å²) in [6, 6.07) is 8.19. The van der Waals surface area contributed by atoms with Crippen LogP contribution in [0.1, 0.15) is 19.4 Å². The molecule has 1 heterocycles. The monoisotopic (exact) mass is 352 g/mol. The maximum atomic E-state index is 5.46. The van der Waals surface area contributed by atoms with E-state index >= 15 is 0 Å². The van der Waals surface area contributed by atoms with Gasteiger partial charge in [0.2, 0.25) is 11.9 Å². The Balaban J connectivity index is 2.09. The van der Waals surface area contributed by atoms with Gasteiger partial charge in [0.15, 0.2) is 0 Å². The fourth-order valence-electron chi connectivity index (χ4n) is 1.55. The Morgan fingerprint density at radius 1 is 1.14 bits per heavy atom. The van der Waals surface area contributed by atoms with Gasteiger partial charge < -0.3 is 10.1 Å². The SMILES string of the molecule is CC(C)Oc1nc(NN)nc(NCc2ccc(Br)cc2)n1. The molecule has 112 valence electrons. The van der Waals surface area contributed by atoms with E-state index in [1.54, 1.807) is 0 Å². The van der Waals surface area contributed by atoms with Crippen LogP contribution in [0, 0.1) is 0 Å². The molecule has 4 N–H and O–H groups in total. The number of anilines is 2. The number of nitrogens with zero attached hydrogens (tertiary/aromatic N) is 3. The number of halogens is 1. The third-order valence-corrected chi connectivity index (χ3v) is 2.98. The molecule has 0 unspecified atom stereocenters. The summed E-state index contributed by atoms with van der Waals surface area (Å²) in [6.07, 6.45) is -0.0302. The highest BCUT2D eigenvalue weighted by atomic mass is 79.9. The van der Waals surface area contributed by atoms with E-state index in [2.05, 4.69) is 41.6 Å². The Morgan fingerprint density at radius 2 is 1.81 bits per heavy atom. The van der Waals surface area contributed by atoms with Gasteiger partial charge in [-0.25, -0.2) is 5.84 Å². The van der Waals surface area contributed by atoms with Crippen LogP contribution in [0.2, 0.25) is 0 Å². The Hall–Kier alpha value is -1.93. The predicted molar refractivity (Wildman–Crippen MR) is 84.9 cm³/mol. The number of ether oxygens (including phenoxy) is 1. The van der Waals surface area contributed by atoms with Crippen LogP contribution in [0.3, 0.4) is 0 Å². The molecular weight excluding hydrogens is 336 g/mol. The second kappa shape index (κ2) is 7.19. The van der Waals surface area contributed by atoms with E-state index in [0.717, 1.165) is 10.0 Å². The zero-order valence-corrected chi connectivity index (χ0v) is 13.4. The minimum atomic E-state index is -0.0302. The van der Waals surface area contributed by atoms with Gasteiger partial charge >= 0.3 is 6.01 Å². The molecule has 7 nitrogen and oxygen atoms in total. The van der Waals surface area contributed by atoms with Gasteiger partial charge in [-0.2, -0.15) is 15.0 Å². The number of nitrogens with two attached hydrogens (primary N) is 1.